The van der Waals surface area contributed by atoms with E-state index in [1.807, 2.05) is 36.2 Å². The van der Waals surface area contributed by atoms with Gasteiger partial charge in [0.05, 0.1) is 13.7 Å². The molecule has 0 bridgehead atoms. The van der Waals surface area contributed by atoms with Crippen LogP contribution in [0, 0.1) is 0 Å². The minimum Gasteiger partial charge on any atom is -0.496 e. The fraction of sp³-hybridized carbons (Fsp3) is 0.524. The SMILES string of the molecule is CCC(C(=O)N1CCC2(CC1)OCCc1cccc(OC)c12)n1cccn1. The molecule has 1 saturated heterocycles. The number of aromatic nitrogens is 2. The molecule has 0 radical (unpaired) electrons. The van der Waals surface area contributed by atoms with Crippen molar-refractivity contribution in [3.63, 3.8) is 0 Å². The maximum absolute atomic E-state index is 13.1. The predicted octanol–water partition coefficient (Wildman–Crippen LogP) is 2.93. The van der Waals surface area contributed by atoms with Crippen LogP contribution in [0.1, 0.15) is 43.4 Å². The molecular formula is C21H27N3O3. The Morgan fingerprint density at radius 2 is 2.15 bits per heavy atom. The van der Waals surface area contributed by atoms with Crippen LogP contribution in [0.25, 0.3) is 0 Å². The Bertz CT molecular complexity index is 781. The molecule has 27 heavy (non-hydrogen) atoms. The van der Waals surface area contributed by atoms with Crippen molar-refractivity contribution in [3.05, 3.63) is 47.8 Å². The van der Waals surface area contributed by atoms with E-state index in [1.54, 1.807) is 18.0 Å². The second-order valence-electron chi connectivity index (χ2n) is 7.32. The predicted molar refractivity (Wildman–Crippen MR) is 102 cm³/mol. The molecule has 1 atom stereocenters. The first-order valence-corrected chi connectivity index (χ1v) is 9.77. The van der Waals surface area contributed by atoms with E-state index in [2.05, 4.69) is 11.2 Å². The first kappa shape index (κ1) is 18.0. The molecule has 1 aromatic heterocycles. The maximum atomic E-state index is 13.1. The minimum absolute atomic E-state index is 0.145. The van der Waals surface area contributed by atoms with E-state index in [0.717, 1.165) is 38.0 Å². The minimum atomic E-state index is -0.343. The highest BCUT2D eigenvalue weighted by Crippen LogP contribution is 2.46. The van der Waals surface area contributed by atoms with Crippen LogP contribution in [0.3, 0.4) is 0 Å². The fourth-order valence-electron chi connectivity index (χ4n) is 4.53. The number of hydrogen-bond donors (Lipinski definition) is 0. The number of carbonyl (C=O) groups is 1. The molecule has 144 valence electrons. The van der Waals surface area contributed by atoms with Crippen molar-refractivity contribution in [1.29, 1.82) is 0 Å². The van der Waals surface area contributed by atoms with E-state index >= 15 is 0 Å². The zero-order valence-electron chi connectivity index (χ0n) is 16.1. The monoisotopic (exact) mass is 369 g/mol. The van der Waals surface area contributed by atoms with E-state index < -0.39 is 0 Å². The molecule has 4 rings (SSSR count). The van der Waals surface area contributed by atoms with E-state index in [9.17, 15) is 4.79 Å². The van der Waals surface area contributed by atoms with Crippen molar-refractivity contribution < 1.29 is 14.3 Å². The number of piperidine rings is 1. The number of amides is 1. The summed E-state index contributed by atoms with van der Waals surface area (Å²) < 4.78 is 13.7. The van der Waals surface area contributed by atoms with Gasteiger partial charge < -0.3 is 14.4 Å². The molecule has 1 fully saturated rings. The Balaban J connectivity index is 1.54. The van der Waals surface area contributed by atoms with Gasteiger partial charge in [-0.05, 0) is 43.4 Å². The van der Waals surface area contributed by atoms with E-state index in [0.29, 0.717) is 13.1 Å². The molecule has 1 unspecified atom stereocenters. The number of likely N-dealkylation sites (tertiary alicyclic amines) is 1. The summed E-state index contributed by atoms with van der Waals surface area (Å²) in [6, 6.07) is 7.86. The van der Waals surface area contributed by atoms with Crippen LogP contribution in [0.5, 0.6) is 5.75 Å². The average molecular weight is 369 g/mol. The lowest BCUT2D eigenvalue weighted by Gasteiger charge is -2.46. The van der Waals surface area contributed by atoms with Crippen molar-refractivity contribution in [2.45, 2.75) is 44.2 Å². The largest absolute Gasteiger partial charge is 0.496 e. The highest BCUT2D eigenvalue weighted by atomic mass is 16.5. The number of benzene rings is 1. The van der Waals surface area contributed by atoms with Crippen LogP contribution < -0.4 is 4.74 Å². The van der Waals surface area contributed by atoms with Gasteiger partial charge in [-0.15, -0.1) is 0 Å². The molecule has 3 heterocycles. The molecule has 1 aromatic carbocycles. The van der Waals surface area contributed by atoms with Gasteiger partial charge >= 0.3 is 0 Å². The van der Waals surface area contributed by atoms with Crippen molar-refractivity contribution in [2.75, 3.05) is 26.8 Å². The van der Waals surface area contributed by atoms with Gasteiger partial charge in [0.2, 0.25) is 5.91 Å². The Labute approximate surface area is 160 Å². The van der Waals surface area contributed by atoms with Crippen molar-refractivity contribution in [2.24, 2.45) is 0 Å². The Morgan fingerprint density at radius 1 is 1.33 bits per heavy atom. The Hall–Kier alpha value is -2.34. The molecule has 0 N–H and O–H groups in total. The highest BCUT2D eigenvalue weighted by molar-refractivity contribution is 5.80. The molecular weight excluding hydrogens is 342 g/mol. The summed E-state index contributed by atoms with van der Waals surface area (Å²) in [6.07, 6.45) is 6.82. The smallest absolute Gasteiger partial charge is 0.247 e. The van der Waals surface area contributed by atoms with E-state index in [1.165, 1.54) is 11.1 Å². The third-order valence-electron chi connectivity index (χ3n) is 5.94. The van der Waals surface area contributed by atoms with Crippen molar-refractivity contribution >= 4 is 5.91 Å². The molecule has 2 aliphatic rings. The molecule has 6 nitrogen and oxygen atoms in total. The molecule has 1 spiro atoms. The molecule has 2 aliphatic heterocycles. The summed E-state index contributed by atoms with van der Waals surface area (Å²) in [6.45, 7) is 4.13. The number of fused-ring (bicyclic) bond motifs is 2. The molecule has 2 aromatic rings. The summed E-state index contributed by atoms with van der Waals surface area (Å²) in [7, 11) is 1.71. The number of rotatable bonds is 4. The third-order valence-corrected chi connectivity index (χ3v) is 5.94. The van der Waals surface area contributed by atoms with Gasteiger partial charge in [0.25, 0.3) is 0 Å². The van der Waals surface area contributed by atoms with Gasteiger partial charge in [-0.1, -0.05) is 19.1 Å². The number of nitrogens with zero attached hydrogens (tertiary/aromatic N) is 3. The summed E-state index contributed by atoms with van der Waals surface area (Å²) >= 11 is 0. The first-order chi connectivity index (χ1) is 13.2. The zero-order chi connectivity index (χ0) is 18.9. The van der Waals surface area contributed by atoms with Crippen LogP contribution in [0.4, 0.5) is 0 Å². The van der Waals surface area contributed by atoms with Gasteiger partial charge in [0.1, 0.15) is 17.4 Å². The molecule has 0 saturated carbocycles. The van der Waals surface area contributed by atoms with Gasteiger partial charge in [-0.3, -0.25) is 9.48 Å². The van der Waals surface area contributed by atoms with Crippen molar-refractivity contribution in [1.82, 2.24) is 14.7 Å². The summed E-state index contributed by atoms with van der Waals surface area (Å²) in [5.74, 6) is 1.04. The lowest BCUT2D eigenvalue weighted by atomic mass is 9.78. The Kier molecular flexibility index (Phi) is 4.91. The summed E-state index contributed by atoms with van der Waals surface area (Å²) in [5.41, 5.74) is 2.15. The van der Waals surface area contributed by atoms with Gasteiger partial charge in [-0.2, -0.15) is 5.10 Å². The quantitative estimate of drug-likeness (QED) is 0.831. The normalized spacial score (nSPS) is 19.6. The van der Waals surface area contributed by atoms with E-state index in [4.69, 9.17) is 9.47 Å². The number of hydrogen-bond acceptors (Lipinski definition) is 4. The summed E-state index contributed by atoms with van der Waals surface area (Å²) in [4.78, 5) is 15.0. The van der Waals surface area contributed by atoms with Crippen LogP contribution in [-0.2, 0) is 21.6 Å². The topological polar surface area (TPSA) is 56.6 Å². The standard InChI is InChI=1S/C21H27N3O3/c1-3-17(24-12-5-11-22-24)20(25)23-13-9-21(10-14-23)19-16(8-15-27-21)6-4-7-18(19)26-2/h4-7,11-12,17H,3,8-10,13-15H2,1-2H3. The Morgan fingerprint density at radius 3 is 2.81 bits per heavy atom. The van der Waals surface area contributed by atoms with Gasteiger partial charge in [-0.25, -0.2) is 0 Å². The van der Waals surface area contributed by atoms with Crippen LogP contribution in [-0.4, -0.2) is 47.4 Å². The van der Waals surface area contributed by atoms with E-state index in [-0.39, 0.29) is 17.6 Å². The zero-order valence-corrected chi connectivity index (χ0v) is 16.1. The maximum Gasteiger partial charge on any atom is 0.247 e. The highest BCUT2D eigenvalue weighted by Gasteiger charge is 2.44. The lowest BCUT2D eigenvalue weighted by molar-refractivity contribution is -0.144. The molecule has 0 aliphatic carbocycles. The fourth-order valence-corrected chi connectivity index (χ4v) is 4.53. The van der Waals surface area contributed by atoms with Gasteiger partial charge in [0, 0.05) is 31.0 Å². The third kappa shape index (κ3) is 3.12. The number of ether oxygens (including phenoxy) is 2. The van der Waals surface area contributed by atoms with Crippen LogP contribution >= 0.6 is 0 Å². The van der Waals surface area contributed by atoms with Gasteiger partial charge in [0.15, 0.2) is 0 Å². The number of carbonyl (C=O) groups excluding carboxylic acids is 1. The first-order valence-electron chi connectivity index (χ1n) is 9.77. The number of methoxy groups -OCH3 is 1. The summed E-state index contributed by atoms with van der Waals surface area (Å²) in [5, 5.41) is 4.27. The van der Waals surface area contributed by atoms with Crippen LogP contribution in [0.15, 0.2) is 36.7 Å². The molecule has 6 heteroatoms. The second kappa shape index (κ2) is 7.35. The van der Waals surface area contributed by atoms with Crippen LogP contribution in [0.2, 0.25) is 0 Å². The average Bonchev–Trinajstić information content (AvgIpc) is 3.23. The van der Waals surface area contributed by atoms with Crippen molar-refractivity contribution in [3.8, 4) is 5.75 Å². The second-order valence-corrected chi connectivity index (χ2v) is 7.32. The molecule has 1 amide bonds. The lowest BCUT2D eigenvalue weighted by Crippen LogP contribution is -2.50.